The molecule has 0 saturated carbocycles. The van der Waals surface area contributed by atoms with Gasteiger partial charge < -0.3 is 4.90 Å². The first kappa shape index (κ1) is 12.3. The van der Waals surface area contributed by atoms with Crippen LogP contribution in [-0.2, 0) is 4.79 Å². The maximum Gasteiger partial charge on any atom is 0.226 e. The van der Waals surface area contributed by atoms with Crippen molar-refractivity contribution in [1.29, 1.82) is 0 Å². The van der Waals surface area contributed by atoms with Crippen LogP contribution in [0.4, 0.5) is 5.69 Å². The Morgan fingerprint density at radius 1 is 1.27 bits per heavy atom. The van der Waals surface area contributed by atoms with Crippen LogP contribution >= 0.6 is 23.2 Å². The third-order valence-electron chi connectivity index (χ3n) is 2.13. The number of rotatable bonds is 3. The van der Waals surface area contributed by atoms with Gasteiger partial charge in [0.25, 0.3) is 0 Å². The minimum atomic E-state index is 0.0795. The second-order valence-electron chi connectivity index (χ2n) is 3.09. The van der Waals surface area contributed by atoms with Crippen molar-refractivity contribution in [3.05, 3.63) is 28.2 Å². The summed E-state index contributed by atoms with van der Waals surface area (Å²) < 4.78 is 0. The number of carbonyl (C=O) groups excluding carboxylic acids is 1. The highest BCUT2D eigenvalue weighted by atomic mass is 35.5. The molecular weight excluding hydrogens is 233 g/mol. The highest BCUT2D eigenvalue weighted by Gasteiger charge is 2.12. The summed E-state index contributed by atoms with van der Waals surface area (Å²) in [6.07, 6.45) is 0.480. The van der Waals surface area contributed by atoms with Gasteiger partial charge in [0.15, 0.2) is 0 Å². The van der Waals surface area contributed by atoms with Crippen LogP contribution < -0.4 is 4.90 Å². The molecule has 0 fully saturated rings. The molecule has 0 heterocycles. The van der Waals surface area contributed by atoms with Crippen molar-refractivity contribution in [2.75, 3.05) is 11.4 Å². The van der Waals surface area contributed by atoms with Gasteiger partial charge in [0.2, 0.25) is 5.91 Å². The highest BCUT2D eigenvalue weighted by Crippen LogP contribution is 2.27. The van der Waals surface area contributed by atoms with Gasteiger partial charge in [0.05, 0.1) is 10.0 Å². The Balaban J connectivity index is 3.02. The zero-order valence-corrected chi connectivity index (χ0v) is 10.3. The van der Waals surface area contributed by atoms with Crippen LogP contribution in [-0.4, -0.2) is 12.5 Å². The number of halogens is 2. The monoisotopic (exact) mass is 245 g/mol. The molecule has 0 saturated heterocycles. The predicted octanol–water partition coefficient (Wildman–Crippen LogP) is 3.76. The quantitative estimate of drug-likeness (QED) is 0.795. The first-order valence-electron chi connectivity index (χ1n) is 4.85. The van der Waals surface area contributed by atoms with Crippen molar-refractivity contribution in [3.8, 4) is 0 Å². The Hall–Kier alpha value is -0.730. The molecule has 0 bridgehead atoms. The van der Waals surface area contributed by atoms with Gasteiger partial charge in [0, 0.05) is 18.7 Å². The van der Waals surface area contributed by atoms with Gasteiger partial charge in [-0.05, 0) is 25.1 Å². The van der Waals surface area contributed by atoms with Crippen LogP contribution in [0, 0.1) is 0 Å². The lowest BCUT2D eigenvalue weighted by atomic mass is 10.2. The molecule has 0 radical (unpaired) electrons. The lowest BCUT2D eigenvalue weighted by molar-refractivity contribution is -0.118. The van der Waals surface area contributed by atoms with Crippen LogP contribution in [0.15, 0.2) is 18.2 Å². The second-order valence-corrected chi connectivity index (χ2v) is 3.90. The van der Waals surface area contributed by atoms with Crippen LogP contribution in [0.2, 0.25) is 10.0 Å². The summed E-state index contributed by atoms with van der Waals surface area (Å²) in [5.74, 6) is 0.0795. The van der Waals surface area contributed by atoms with Crippen molar-refractivity contribution in [2.45, 2.75) is 20.3 Å². The molecule has 1 aromatic rings. The third kappa shape index (κ3) is 2.86. The number of nitrogens with zero attached hydrogens (tertiary/aromatic N) is 1. The van der Waals surface area contributed by atoms with Gasteiger partial charge >= 0.3 is 0 Å². The van der Waals surface area contributed by atoms with Crippen LogP contribution in [0.5, 0.6) is 0 Å². The summed E-state index contributed by atoms with van der Waals surface area (Å²) >= 11 is 11.7. The average Bonchev–Trinajstić information content (AvgIpc) is 2.24. The number of benzene rings is 1. The van der Waals surface area contributed by atoms with E-state index in [-0.39, 0.29) is 5.91 Å². The van der Waals surface area contributed by atoms with Gasteiger partial charge in [-0.1, -0.05) is 30.1 Å². The molecule has 2 nitrogen and oxygen atoms in total. The summed E-state index contributed by atoms with van der Waals surface area (Å²) in [7, 11) is 0. The molecular formula is C11H13Cl2NO. The summed E-state index contributed by atoms with van der Waals surface area (Å²) in [5.41, 5.74) is 0.791. The zero-order valence-electron chi connectivity index (χ0n) is 8.76. The van der Waals surface area contributed by atoms with Gasteiger partial charge in [-0.25, -0.2) is 0 Å². The molecule has 15 heavy (non-hydrogen) atoms. The van der Waals surface area contributed by atoms with Gasteiger partial charge in [0.1, 0.15) is 0 Å². The fraction of sp³-hybridized carbons (Fsp3) is 0.364. The number of carbonyl (C=O) groups is 1. The normalized spacial score (nSPS) is 10.1. The smallest absolute Gasteiger partial charge is 0.226 e. The van der Waals surface area contributed by atoms with E-state index in [1.54, 1.807) is 23.1 Å². The summed E-state index contributed by atoms with van der Waals surface area (Å²) in [6, 6.07) is 5.21. The lowest BCUT2D eigenvalue weighted by Crippen LogP contribution is -2.29. The van der Waals surface area contributed by atoms with Gasteiger partial charge in [-0.15, -0.1) is 0 Å². The number of amides is 1. The molecule has 1 rings (SSSR count). The largest absolute Gasteiger partial charge is 0.313 e. The van der Waals surface area contributed by atoms with Crippen LogP contribution in [0.25, 0.3) is 0 Å². The molecule has 0 aliphatic heterocycles. The van der Waals surface area contributed by atoms with Crippen LogP contribution in [0.3, 0.4) is 0 Å². The molecule has 0 atom stereocenters. The van der Waals surface area contributed by atoms with E-state index in [4.69, 9.17) is 23.2 Å². The molecule has 0 aromatic heterocycles. The molecule has 0 spiro atoms. The predicted molar refractivity (Wildman–Crippen MR) is 64.8 cm³/mol. The van der Waals surface area contributed by atoms with Crippen molar-refractivity contribution in [2.24, 2.45) is 0 Å². The fourth-order valence-corrected chi connectivity index (χ4v) is 1.64. The second kappa shape index (κ2) is 5.38. The number of anilines is 1. The van der Waals surface area contributed by atoms with Crippen molar-refractivity contribution >= 4 is 34.8 Å². The Kier molecular flexibility index (Phi) is 4.43. The standard InChI is InChI=1S/C11H13Cl2NO/c1-3-11(15)14(4-2)8-5-6-9(12)10(13)7-8/h5-7H,3-4H2,1-2H3. The molecule has 82 valence electrons. The molecule has 0 aliphatic carbocycles. The van der Waals surface area contributed by atoms with E-state index in [0.717, 1.165) is 5.69 Å². The maximum absolute atomic E-state index is 11.6. The first-order valence-corrected chi connectivity index (χ1v) is 5.61. The highest BCUT2D eigenvalue weighted by molar-refractivity contribution is 6.42. The van der Waals surface area contributed by atoms with E-state index in [9.17, 15) is 4.79 Å². The minimum Gasteiger partial charge on any atom is -0.313 e. The Labute approximate surface area is 99.8 Å². The van der Waals surface area contributed by atoms with Crippen molar-refractivity contribution < 1.29 is 4.79 Å². The summed E-state index contributed by atoms with van der Waals surface area (Å²) in [5, 5.41) is 0.969. The minimum absolute atomic E-state index is 0.0795. The number of hydrogen-bond donors (Lipinski definition) is 0. The van der Waals surface area contributed by atoms with Crippen LogP contribution in [0.1, 0.15) is 20.3 Å². The lowest BCUT2D eigenvalue weighted by Gasteiger charge is -2.20. The molecule has 1 aromatic carbocycles. The van der Waals surface area contributed by atoms with E-state index >= 15 is 0 Å². The topological polar surface area (TPSA) is 20.3 Å². The SMILES string of the molecule is CCC(=O)N(CC)c1ccc(Cl)c(Cl)c1. The maximum atomic E-state index is 11.6. The van der Waals surface area contributed by atoms with E-state index in [2.05, 4.69) is 0 Å². The van der Waals surface area contributed by atoms with E-state index in [1.165, 1.54) is 0 Å². The number of hydrogen-bond acceptors (Lipinski definition) is 1. The Morgan fingerprint density at radius 2 is 1.93 bits per heavy atom. The van der Waals surface area contributed by atoms with E-state index < -0.39 is 0 Å². The fourth-order valence-electron chi connectivity index (χ4n) is 1.35. The van der Waals surface area contributed by atoms with E-state index in [1.807, 2.05) is 13.8 Å². The summed E-state index contributed by atoms with van der Waals surface area (Å²) in [4.78, 5) is 13.3. The van der Waals surface area contributed by atoms with Gasteiger partial charge in [-0.3, -0.25) is 4.79 Å². The average molecular weight is 246 g/mol. The molecule has 4 heteroatoms. The Bertz CT molecular complexity index is 366. The van der Waals surface area contributed by atoms with E-state index in [0.29, 0.717) is 23.0 Å². The van der Waals surface area contributed by atoms with Crippen molar-refractivity contribution in [1.82, 2.24) is 0 Å². The Morgan fingerprint density at radius 3 is 2.40 bits per heavy atom. The van der Waals surface area contributed by atoms with Crippen molar-refractivity contribution in [3.63, 3.8) is 0 Å². The molecule has 1 amide bonds. The molecule has 0 unspecified atom stereocenters. The van der Waals surface area contributed by atoms with Gasteiger partial charge in [-0.2, -0.15) is 0 Å². The molecule has 0 aliphatic rings. The third-order valence-corrected chi connectivity index (χ3v) is 2.87. The zero-order chi connectivity index (χ0) is 11.4. The first-order chi connectivity index (χ1) is 7.10. The summed E-state index contributed by atoms with van der Waals surface area (Å²) in [6.45, 7) is 4.39. The molecule has 0 N–H and O–H groups in total.